The van der Waals surface area contributed by atoms with Crippen molar-refractivity contribution < 1.29 is 0 Å². The molecule has 0 aliphatic carbocycles. The molecule has 0 amide bonds. The van der Waals surface area contributed by atoms with Gasteiger partial charge < -0.3 is 0 Å². The minimum absolute atomic E-state index is 0.877. The lowest BCUT2D eigenvalue weighted by molar-refractivity contribution is 0.904. The van der Waals surface area contributed by atoms with Crippen LogP contribution in [0, 0.1) is 0 Å². The van der Waals surface area contributed by atoms with Gasteiger partial charge in [-0.05, 0) is 22.0 Å². The molecule has 1 aliphatic rings. The van der Waals surface area contributed by atoms with Gasteiger partial charge in [0.05, 0.1) is 5.69 Å². The maximum absolute atomic E-state index is 4.28. The van der Waals surface area contributed by atoms with E-state index >= 15 is 0 Å². The predicted octanol–water partition coefficient (Wildman–Crippen LogP) is 1.82. The van der Waals surface area contributed by atoms with E-state index in [0.717, 1.165) is 28.7 Å². The molecule has 1 aliphatic heterocycles. The smallest absolute Gasteiger partial charge is 0.0510 e. The SMILES string of the molecule is Brc1cnc2c(c1)C=NCC2. The molecule has 0 saturated heterocycles. The Kier molecular flexibility index (Phi) is 1.74. The summed E-state index contributed by atoms with van der Waals surface area (Å²) in [6.45, 7) is 0.877. The highest BCUT2D eigenvalue weighted by Crippen LogP contribution is 2.14. The summed E-state index contributed by atoms with van der Waals surface area (Å²) in [6, 6.07) is 2.05. The van der Waals surface area contributed by atoms with Crippen LogP contribution in [0.2, 0.25) is 0 Å². The second kappa shape index (κ2) is 2.74. The summed E-state index contributed by atoms with van der Waals surface area (Å²) in [5.41, 5.74) is 2.30. The van der Waals surface area contributed by atoms with E-state index in [2.05, 4.69) is 25.9 Å². The van der Waals surface area contributed by atoms with E-state index in [1.165, 1.54) is 0 Å². The summed E-state index contributed by atoms with van der Waals surface area (Å²) in [5.74, 6) is 0. The fourth-order valence-corrected chi connectivity index (χ4v) is 1.49. The van der Waals surface area contributed by atoms with Crippen LogP contribution in [0.4, 0.5) is 0 Å². The largest absolute Gasteiger partial charge is 0.292 e. The summed E-state index contributed by atoms with van der Waals surface area (Å²) < 4.78 is 1.02. The second-order valence-corrected chi connectivity index (χ2v) is 3.39. The lowest BCUT2D eigenvalue weighted by Crippen LogP contribution is -2.04. The standard InChI is InChI=1S/C8H7BrN2/c9-7-3-6-4-10-2-1-8(6)11-5-7/h3-5H,1-2H2. The van der Waals surface area contributed by atoms with Gasteiger partial charge in [0.2, 0.25) is 0 Å². The van der Waals surface area contributed by atoms with E-state index in [1.54, 1.807) is 0 Å². The average Bonchev–Trinajstić information content (AvgIpc) is 2.04. The number of fused-ring (bicyclic) bond motifs is 1. The molecule has 56 valence electrons. The van der Waals surface area contributed by atoms with Crippen molar-refractivity contribution >= 4 is 22.1 Å². The Hall–Kier alpha value is -0.700. The van der Waals surface area contributed by atoms with E-state index in [1.807, 2.05) is 18.5 Å². The van der Waals surface area contributed by atoms with Crippen molar-refractivity contribution in [1.29, 1.82) is 0 Å². The highest BCUT2D eigenvalue weighted by atomic mass is 79.9. The normalized spacial score (nSPS) is 14.6. The molecule has 0 spiro atoms. The second-order valence-electron chi connectivity index (χ2n) is 2.47. The van der Waals surface area contributed by atoms with Crippen LogP contribution in [0.3, 0.4) is 0 Å². The van der Waals surface area contributed by atoms with E-state index in [9.17, 15) is 0 Å². The molecule has 1 aromatic rings. The molecule has 11 heavy (non-hydrogen) atoms. The van der Waals surface area contributed by atoms with Gasteiger partial charge in [-0.15, -0.1) is 0 Å². The quantitative estimate of drug-likeness (QED) is 0.642. The number of hydrogen-bond donors (Lipinski definition) is 0. The van der Waals surface area contributed by atoms with Gasteiger partial charge in [0.15, 0.2) is 0 Å². The van der Waals surface area contributed by atoms with Gasteiger partial charge in [0.1, 0.15) is 0 Å². The zero-order valence-corrected chi connectivity index (χ0v) is 7.50. The zero-order chi connectivity index (χ0) is 7.68. The Morgan fingerprint density at radius 3 is 3.27 bits per heavy atom. The lowest BCUT2D eigenvalue weighted by atomic mass is 10.1. The van der Waals surface area contributed by atoms with Crippen LogP contribution in [-0.4, -0.2) is 17.7 Å². The molecule has 2 nitrogen and oxygen atoms in total. The highest BCUT2D eigenvalue weighted by Gasteiger charge is 2.05. The van der Waals surface area contributed by atoms with Gasteiger partial charge >= 0.3 is 0 Å². The number of aromatic nitrogens is 1. The summed E-state index contributed by atoms with van der Waals surface area (Å²) in [4.78, 5) is 8.45. The van der Waals surface area contributed by atoms with E-state index in [4.69, 9.17) is 0 Å². The average molecular weight is 211 g/mol. The van der Waals surface area contributed by atoms with Gasteiger partial charge in [-0.3, -0.25) is 9.98 Å². The summed E-state index contributed by atoms with van der Waals surface area (Å²) in [5, 5.41) is 0. The monoisotopic (exact) mass is 210 g/mol. The minimum Gasteiger partial charge on any atom is -0.292 e. The molecule has 0 N–H and O–H groups in total. The Balaban J connectivity index is 2.54. The third-order valence-electron chi connectivity index (χ3n) is 1.68. The van der Waals surface area contributed by atoms with Crippen molar-refractivity contribution in [3.8, 4) is 0 Å². The Morgan fingerprint density at radius 2 is 2.36 bits per heavy atom. The third kappa shape index (κ3) is 1.33. The molecule has 0 atom stereocenters. The minimum atomic E-state index is 0.877. The summed E-state index contributed by atoms with van der Waals surface area (Å²) in [7, 11) is 0. The van der Waals surface area contributed by atoms with Crippen molar-refractivity contribution in [3.63, 3.8) is 0 Å². The van der Waals surface area contributed by atoms with Crippen LogP contribution >= 0.6 is 15.9 Å². The first kappa shape index (κ1) is 6.98. The van der Waals surface area contributed by atoms with Crippen LogP contribution in [0.15, 0.2) is 21.7 Å². The molecular formula is C8H7BrN2. The highest BCUT2D eigenvalue weighted by molar-refractivity contribution is 9.10. The maximum atomic E-state index is 4.28. The van der Waals surface area contributed by atoms with Gasteiger partial charge in [0.25, 0.3) is 0 Å². The summed E-state index contributed by atoms with van der Waals surface area (Å²) in [6.07, 6.45) is 4.69. The van der Waals surface area contributed by atoms with Crippen LogP contribution < -0.4 is 0 Å². The maximum Gasteiger partial charge on any atom is 0.0510 e. The summed E-state index contributed by atoms with van der Waals surface area (Å²) >= 11 is 3.37. The molecule has 0 fully saturated rings. The van der Waals surface area contributed by atoms with E-state index < -0.39 is 0 Å². The third-order valence-corrected chi connectivity index (χ3v) is 2.11. The molecule has 2 heterocycles. The van der Waals surface area contributed by atoms with Crippen LogP contribution in [0.5, 0.6) is 0 Å². The topological polar surface area (TPSA) is 25.2 Å². The van der Waals surface area contributed by atoms with Gasteiger partial charge in [-0.2, -0.15) is 0 Å². The molecule has 0 bridgehead atoms. The van der Waals surface area contributed by atoms with Gasteiger partial charge in [-0.1, -0.05) is 0 Å². The molecule has 0 aromatic carbocycles. The first-order valence-corrected chi connectivity index (χ1v) is 4.30. The molecule has 3 heteroatoms. The number of halogens is 1. The fourth-order valence-electron chi connectivity index (χ4n) is 1.14. The molecular weight excluding hydrogens is 204 g/mol. The van der Waals surface area contributed by atoms with Crippen molar-refractivity contribution in [3.05, 3.63) is 28.0 Å². The number of nitrogens with zero attached hydrogens (tertiary/aromatic N) is 2. The van der Waals surface area contributed by atoms with Crippen molar-refractivity contribution in [2.75, 3.05) is 6.54 Å². The predicted molar refractivity (Wildman–Crippen MR) is 48.1 cm³/mol. The van der Waals surface area contributed by atoms with Gasteiger partial charge in [-0.25, -0.2) is 0 Å². The fraction of sp³-hybridized carbons (Fsp3) is 0.250. The van der Waals surface area contributed by atoms with Crippen molar-refractivity contribution in [2.24, 2.45) is 4.99 Å². The Bertz CT molecular complexity index is 307. The molecule has 0 unspecified atom stereocenters. The number of pyridine rings is 1. The molecule has 0 saturated carbocycles. The van der Waals surface area contributed by atoms with Crippen molar-refractivity contribution in [2.45, 2.75) is 6.42 Å². The number of rotatable bonds is 0. The van der Waals surface area contributed by atoms with Gasteiger partial charge in [0, 0.05) is 35.4 Å². The first-order chi connectivity index (χ1) is 5.36. The Labute approximate surface area is 73.5 Å². The van der Waals surface area contributed by atoms with E-state index in [0.29, 0.717) is 0 Å². The number of hydrogen-bond acceptors (Lipinski definition) is 2. The van der Waals surface area contributed by atoms with Crippen molar-refractivity contribution in [1.82, 2.24) is 4.98 Å². The van der Waals surface area contributed by atoms with Crippen LogP contribution in [0.25, 0.3) is 0 Å². The number of aliphatic imine (C=N–C) groups is 1. The lowest BCUT2D eigenvalue weighted by Gasteiger charge is -2.07. The molecule has 2 rings (SSSR count). The first-order valence-electron chi connectivity index (χ1n) is 3.50. The zero-order valence-electron chi connectivity index (χ0n) is 5.92. The molecule has 1 aromatic heterocycles. The van der Waals surface area contributed by atoms with Crippen LogP contribution in [0.1, 0.15) is 11.3 Å². The molecule has 0 radical (unpaired) electrons. The Morgan fingerprint density at radius 1 is 1.45 bits per heavy atom. The van der Waals surface area contributed by atoms with Crippen LogP contribution in [-0.2, 0) is 6.42 Å². The van der Waals surface area contributed by atoms with E-state index in [-0.39, 0.29) is 0 Å².